The minimum atomic E-state index is -3.60. The van der Waals surface area contributed by atoms with E-state index in [9.17, 15) is 17.6 Å². The molecule has 0 saturated carbocycles. The number of aryl methyl sites for hydroxylation is 1. The van der Waals surface area contributed by atoms with Crippen LogP contribution in [0.25, 0.3) is 0 Å². The van der Waals surface area contributed by atoms with Crippen molar-refractivity contribution in [3.05, 3.63) is 29.1 Å². The van der Waals surface area contributed by atoms with E-state index >= 15 is 0 Å². The van der Waals surface area contributed by atoms with Gasteiger partial charge in [0.25, 0.3) is 0 Å². The van der Waals surface area contributed by atoms with Gasteiger partial charge in [0, 0.05) is 0 Å². The Morgan fingerprint density at radius 3 is 2.29 bits per heavy atom. The third-order valence-corrected chi connectivity index (χ3v) is 4.54. The van der Waals surface area contributed by atoms with Gasteiger partial charge in [-0.25, -0.2) is 17.6 Å². The normalized spacial score (nSPS) is 11.8. The molecule has 0 radical (unpaired) electrons. The maximum Gasteiger partial charge on any atom is 0.338 e. The van der Waals surface area contributed by atoms with E-state index in [-0.39, 0.29) is 10.5 Å². The van der Waals surface area contributed by atoms with Crippen LogP contribution >= 0.6 is 0 Å². The van der Waals surface area contributed by atoms with Gasteiger partial charge in [-0.3, -0.25) is 0 Å². The summed E-state index contributed by atoms with van der Waals surface area (Å²) in [6.45, 7) is 4.30. The van der Waals surface area contributed by atoms with Gasteiger partial charge in [-0.05, 0) is 38.5 Å². The molecule has 17 heavy (non-hydrogen) atoms. The average molecular weight is 260 g/mol. The molecule has 0 atom stereocenters. The number of benzene rings is 1. The molecular weight excluding hydrogens is 247 g/mol. The molecule has 94 valence electrons. The Kier molecular flexibility index (Phi) is 3.56. The van der Waals surface area contributed by atoms with E-state index in [0.717, 1.165) is 12.1 Å². The minimum absolute atomic E-state index is 0.00382. The highest BCUT2D eigenvalue weighted by Gasteiger charge is 2.23. The molecule has 0 heterocycles. The van der Waals surface area contributed by atoms with Crippen LogP contribution in [0.4, 0.5) is 4.39 Å². The summed E-state index contributed by atoms with van der Waals surface area (Å²) in [4.78, 5) is 10.6. The Morgan fingerprint density at radius 1 is 1.35 bits per heavy atom. The summed E-state index contributed by atoms with van der Waals surface area (Å²) in [7, 11) is -3.60. The van der Waals surface area contributed by atoms with Crippen molar-refractivity contribution in [2.24, 2.45) is 0 Å². The molecule has 1 aromatic carbocycles. The molecule has 6 heteroatoms. The van der Waals surface area contributed by atoms with Crippen LogP contribution in [0, 0.1) is 12.7 Å². The Balaban J connectivity index is 3.55. The van der Waals surface area contributed by atoms with Crippen molar-refractivity contribution in [3.63, 3.8) is 0 Å². The highest BCUT2D eigenvalue weighted by molar-refractivity contribution is 7.92. The van der Waals surface area contributed by atoms with Gasteiger partial charge in [0.05, 0.1) is 15.7 Å². The number of hydrogen-bond donors (Lipinski definition) is 1. The molecule has 1 N–H and O–H groups in total. The quantitative estimate of drug-likeness (QED) is 0.844. The number of sulfone groups is 1. The SMILES string of the molecule is Cc1cc(S(=O)(=O)C(C)C)cc(C(=O)O)c1F. The maximum absolute atomic E-state index is 13.4. The lowest BCUT2D eigenvalue weighted by atomic mass is 10.1. The predicted molar refractivity (Wildman–Crippen MR) is 60.4 cm³/mol. The first-order chi connectivity index (χ1) is 7.67. The minimum Gasteiger partial charge on any atom is -0.478 e. The van der Waals surface area contributed by atoms with Crippen molar-refractivity contribution in [1.29, 1.82) is 0 Å². The van der Waals surface area contributed by atoms with Gasteiger partial charge in [-0.2, -0.15) is 0 Å². The number of aromatic carboxylic acids is 1. The van der Waals surface area contributed by atoms with Gasteiger partial charge in [-0.1, -0.05) is 0 Å². The van der Waals surface area contributed by atoms with E-state index < -0.39 is 32.4 Å². The van der Waals surface area contributed by atoms with Crippen LogP contribution in [-0.2, 0) is 9.84 Å². The van der Waals surface area contributed by atoms with E-state index in [0.29, 0.717) is 0 Å². The summed E-state index contributed by atoms with van der Waals surface area (Å²) in [5.41, 5.74) is -0.617. The van der Waals surface area contributed by atoms with Crippen molar-refractivity contribution < 1.29 is 22.7 Å². The molecule has 4 nitrogen and oxygen atoms in total. The molecule has 0 unspecified atom stereocenters. The van der Waals surface area contributed by atoms with Crippen LogP contribution < -0.4 is 0 Å². The number of carboxylic acids is 1. The molecule has 0 bridgehead atoms. The largest absolute Gasteiger partial charge is 0.478 e. The second-order valence-corrected chi connectivity index (χ2v) is 6.50. The summed E-state index contributed by atoms with van der Waals surface area (Å²) < 4.78 is 37.2. The number of carbonyl (C=O) groups is 1. The summed E-state index contributed by atoms with van der Waals surface area (Å²) >= 11 is 0. The van der Waals surface area contributed by atoms with Gasteiger partial charge in [0.1, 0.15) is 5.82 Å². The van der Waals surface area contributed by atoms with Crippen molar-refractivity contribution in [2.45, 2.75) is 30.9 Å². The zero-order valence-electron chi connectivity index (χ0n) is 9.69. The van der Waals surface area contributed by atoms with Crippen molar-refractivity contribution in [2.75, 3.05) is 0 Å². The topological polar surface area (TPSA) is 71.4 Å². The number of halogens is 1. The van der Waals surface area contributed by atoms with Gasteiger partial charge >= 0.3 is 5.97 Å². The fraction of sp³-hybridized carbons (Fsp3) is 0.364. The summed E-state index contributed by atoms with van der Waals surface area (Å²) in [6.07, 6.45) is 0. The molecule has 0 aliphatic rings. The smallest absolute Gasteiger partial charge is 0.338 e. The summed E-state index contributed by atoms with van der Waals surface area (Å²) in [5.74, 6) is -2.38. The van der Waals surface area contributed by atoms with Crippen molar-refractivity contribution in [3.8, 4) is 0 Å². The third-order valence-electron chi connectivity index (χ3n) is 2.41. The van der Waals surface area contributed by atoms with Gasteiger partial charge in [0.15, 0.2) is 9.84 Å². The van der Waals surface area contributed by atoms with Gasteiger partial charge in [0.2, 0.25) is 0 Å². The second kappa shape index (κ2) is 4.44. The molecular formula is C11H13FO4S. The van der Waals surface area contributed by atoms with Crippen LogP contribution in [0.5, 0.6) is 0 Å². The molecule has 0 aromatic heterocycles. The first-order valence-electron chi connectivity index (χ1n) is 4.95. The zero-order chi connectivity index (χ0) is 13.4. The fourth-order valence-electron chi connectivity index (χ4n) is 1.33. The van der Waals surface area contributed by atoms with Crippen LogP contribution in [0.1, 0.15) is 29.8 Å². The summed E-state index contributed by atoms with van der Waals surface area (Å²) in [6, 6.07) is 2.01. The van der Waals surface area contributed by atoms with Gasteiger partial charge in [-0.15, -0.1) is 0 Å². The van der Waals surface area contributed by atoms with Crippen LogP contribution in [0.2, 0.25) is 0 Å². The monoisotopic (exact) mass is 260 g/mol. The van der Waals surface area contributed by atoms with Crippen LogP contribution in [0.15, 0.2) is 17.0 Å². The molecule has 0 amide bonds. The van der Waals surface area contributed by atoms with E-state index in [1.807, 2.05) is 0 Å². The Morgan fingerprint density at radius 2 is 1.88 bits per heavy atom. The van der Waals surface area contributed by atoms with Crippen LogP contribution in [0.3, 0.4) is 0 Å². The zero-order valence-corrected chi connectivity index (χ0v) is 10.5. The first-order valence-corrected chi connectivity index (χ1v) is 6.50. The predicted octanol–water partition coefficient (Wildman–Crippen LogP) is 2.01. The number of rotatable bonds is 3. The van der Waals surface area contributed by atoms with E-state index in [2.05, 4.69) is 0 Å². The summed E-state index contributed by atoms with van der Waals surface area (Å²) in [5, 5.41) is 8.10. The third kappa shape index (κ3) is 2.46. The molecule has 0 fully saturated rings. The van der Waals surface area contributed by atoms with Crippen LogP contribution in [-0.4, -0.2) is 24.7 Å². The lowest BCUT2D eigenvalue weighted by Gasteiger charge is -2.10. The Bertz CT molecular complexity index is 561. The van der Waals surface area contributed by atoms with E-state index in [1.54, 1.807) is 0 Å². The van der Waals surface area contributed by atoms with Crippen molar-refractivity contribution >= 4 is 15.8 Å². The van der Waals surface area contributed by atoms with E-state index in [1.165, 1.54) is 20.8 Å². The molecule has 0 aliphatic carbocycles. The second-order valence-electron chi connectivity index (χ2n) is 4.00. The maximum atomic E-state index is 13.4. The number of hydrogen-bond acceptors (Lipinski definition) is 3. The van der Waals surface area contributed by atoms with E-state index in [4.69, 9.17) is 5.11 Å². The fourth-order valence-corrected chi connectivity index (χ4v) is 2.50. The Hall–Kier alpha value is -1.43. The number of carboxylic acid groups (broad SMARTS) is 1. The lowest BCUT2D eigenvalue weighted by molar-refractivity contribution is 0.0691. The molecule has 0 spiro atoms. The highest BCUT2D eigenvalue weighted by Crippen LogP contribution is 2.22. The lowest BCUT2D eigenvalue weighted by Crippen LogP contribution is -2.16. The first kappa shape index (κ1) is 13.6. The standard InChI is InChI=1S/C11H13FO4S/c1-6(2)17(15,16)8-4-7(3)10(12)9(5-8)11(13)14/h4-6H,1-3H3,(H,13,14). The molecule has 1 rings (SSSR count). The highest BCUT2D eigenvalue weighted by atomic mass is 32.2. The average Bonchev–Trinajstić information content (AvgIpc) is 2.20. The molecule has 1 aromatic rings. The van der Waals surface area contributed by atoms with Gasteiger partial charge < -0.3 is 5.11 Å². The molecule has 0 aliphatic heterocycles. The molecule has 0 saturated heterocycles. The Labute approximate surface area is 99.0 Å². The van der Waals surface area contributed by atoms with Crippen molar-refractivity contribution in [1.82, 2.24) is 0 Å².